The van der Waals surface area contributed by atoms with Crippen molar-refractivity contribution in [1.82, 2.24) is 10.6 Å². The Morgan fingerprint density at radius 3 is 2.38 bits per heavy atom. The molecule has 0 unspecified atom stereocenters. The van der Waals surface area contributed by atoms with Crippen molar-refractivity contribution in [3.63, 3.8) is 0 Å². The van der Waals surface area contributed by atoms with Gasteiger partial charge in [-0.1, -0.05) is 26.0 Å². The van der Waals surface area contributed by atoms with Crippen molar-refractivity contribution in [1.29, 1.82) is 0 Å². The van der Waals surface area contributed by atoms with Gasteiger partial charge in [0.25, 0.3) is 5.91 Å². The van der Waals surface area contributed by atoms with Gasteiger partial charge < -0.3 is 15.4 Å². The van der Waals surface area contributed by atoms with Crippen LogP contribution in [-0.4, -0.2) is 30.2 Å². The Bertz CT molecular complexity index is 568. The summed E-state index contributed by atoms with van der Waals surface area (Å²) in [5.74, 6) is 0.201. The molecule has 6 heteroatoms. The zero-order valence-electron chi connectivity index (χ0n) is 15.0. The SMILES string of the molecule is CC(C)C[C@@H](CNC(=O)c1ccccc1Br)NC(=O)OC(C)(C)C. The van der Waals surface area contributed by atoms with Crippen molar-refractivity contribution in [3.8, 4) is 0 Å². The summed E-state index contributed by atoms with van der Waals surface area (Å²) in [5, 5.41) is 5.71. The van der Waals surface area contributed by atoms with Crippen LogP contribution in [0.1, 0.15) is 51.4 Å². The molecule has 2 N–H and O–H groups in total. The average molecular weight is 399 g/mol. The van der Waals surface area contributed by atoms with Crippen LogP contribution in [0.2, 0.25) is 0 Å². The second-order valence-electron chi connectivity index (χ2n) is 7.16. The molecule has 134 valence electrons. The first-order valence-corrected chi connectivity index (χ1v) is 8.90. The van der Waals surface area contributed by atoms with Crippen LogP contribution < -0.4 is 10.6 Å². The lowest BCUT2D eigenvalue weighted by Gasteiger charge is -2.25. The average Bonchev–Trinajstić information content (AvgIpc) is 2.42. The molecule has 0 saturated heterocycles. The van der Waals surface area contributed by atoms with Gasteiger partial charge in [-0.2, -0.15) is 0 Å². The number of benzene rings is 1. The highest BCUT2D eigenvalue weighted by atomic mass is 79.9. The minimum absolute atomic E-state index is 0.179. The summed E-state index contributed by atoms with van der Waals surface area (Å²) in [5.41, 5.74) is 0.0167. The second kappa shape index (κ2) is 9.06. The van der Waals surface area contributed by atoms with Gasteiger partial charge in [-0.15, -0.1) is 0 Å². The summed E-state index contributed by atoms with van der Waals surface area (Å²) in [6, 6.07) is 7.04. The molecule has 0 aromatic heterocycles. The molecule has 2 amide bonds. The number of rotatable bonds is 6. The minimum Gasteiger partial charge on any atom is -0.444 e. The molecule has 0 radical (unpaired) electrons. The van der Waals surface area contributed by atoms with E-state index in [1.165, 1.54) is 0 Å². The molecule has 1 rings (SSSR count). The van der Waals surface area contributed by atoms with E-state index in [-0.39, 0.29) is 11.9 Å². The van der Waals surface area contributed by atoms with Gasteiger partial charge in [0.1, 0.15) is 5.60 Å². The smallest absolute Gasteiger partial charge is 0.407 e. The van der Waals surface area contributed by atoms with Crippen molar-refractivity contribution in [2.75, 3.05) is 6.54 Å². The Hall–Kier alpha value is -1.56. The van der Waals surface area contributed by atoms with Crippen molar-refractivity contribution >= 4 is 27.9 Å². The van der Waals surface area contributed by atoms with E-state index in [1.807, 2.05) is 39.0 Å². The van der Waals surface area contributed by atoms with Crippen LogP contribution in [0, 0.1) is 5.92 Å². The van der Waals surface area contributed by atoms with Gasteiger partial charge in [0.2, 0.25) is 0 Å². The van der Waals surface area contributed by atoms with E-state index < -0.39 is 11.7 Å². The highest BCUT2D eigenvalue weighted by Gasteiger charge is 2.21. The number of hydrogen-bond acceptors (Lipinski definition) is 3. The maximum absolute atomic E-state index is 12.3. The van der Waals surface area contributed by atoms with Crippen LogP contribution in [0.3, 0.4) is 0 Å². The maximum atomic E-state index is 12.3. The molecule has 0 aliphatic rings. The molecular weight excluding hydrogens is 372 g/mol. The first-order chi connectivity index (χ1) is 11.1. The molecule has 0 heterocycles. The van der Waals surface area contributed by atoms with Crippen LogP contribution in [0.25, 0.3) is 0 Å². The molecule has 0 aliphatic heterocycles. The third kappa shape index (κ3) is 7.81. The van der Waals surface area contributed by atoms with Crippen LogP contribution in [0.5, 0.6) is 0 Å². The molecular formula is C18H27BrN2O3. The van der Waals surface area contributed by atoms with Crippen molar-refractivity contribution < 1.29 is 14.3 Å². The summed E-state index contributed by atoms with van der Waals surface area (Å²) < 4.78 is 6.03. The Labute approximate surface area is 152 Å². The summed E-state index contributed by atoms with van der Waals surface area (Å²) in [7, 11) is 0. The van der Waals surface area contributed by atoms with Crippen LogP contribution >= 0.6 is 15.9 Å². The number of carbonyl (C=O) groups excluding carboxylic acids is 2. The molecule has 1 atom stereocenters. The van der Waals surface area contributed by atoms with E-state index in [1.54, 1.807) is 6.07 Å². The van der Waals surface area contributed by atoms with Gasteiger partial charge in [-0.05, 0) is 61.2 Å². The number of amides is 2. The number of halogens is 1. The third-order valence-corrected chi connectivity index (χ3v) is 3.80. The van der Waals surface area contributed by atoms with E-state index >= 15 is 0 Å². The van der Waals surface area contributed by atoms with E-state index in [2.05, 4.69) is 40.4 Å². The van der Waals surface area contributed by atoms with Gasteiger partial charge >= 0.3 is 6.09 Å². The largest absolute Gasteiger partial charge is 0.444 e. The Morgan fingerprint density at radius 2 is 1.83 bits per heavy atom. The molecule has 0 fully saturated rings. The standard InChI is InChI=1S/C18H27BrN2O3/c1-12(2)10-13(21-17(23)24-18(3,4)5)11-20-16(22)14-8-6-7-9-15(14)19/h6-9,12-13H,10-11H2,1-5H3,(H,20,22)(H,21,23)/t13-/m0/s1. The molecule has 24 heavy (non-hydrogen) atoms. The first-order valence-electron chi connectivity index (χ1n) is 8.10. The molecule has 1 aromatic rings. The van der Waals surface area contributed by atoms with E-state index in [4.69, 9.17) is 4.74 Å². The highest BCUT2D eigenvalue weighted by molar-refractivity contribution is 9.10. The summed E-state index contributed by atoms with van der Waals surface area (Å²) >= 11 is 3.37. The highest BCUT2D eigenvalue weighted by Crippen LogP contribution is 2.15. The predicted octanol–water partition coefficient (Wildman–Crippen LogP) is 4.12. The lowest BCUT2D eigenvalue weighted by Crippen LogP contribution is -2.46. The maximum Gasteiger partial charge on any atom is 0.407 e. The van der Waals surface area contributed by atoms with Crippen LogP contribution in [0.4, 0.5) is 4.79 Å². The zero-order valence-corrected chi connectivity index (χ0v) is 16.6. The van der Waals surface area contributed by atoms with Crippen molar-refractivity contribution in [2.45, 2.75) is 52.7 Å². The second-order valence-corrected chi connectivity index (χ2v) is 8.02. The lowest BCUT2D eigenvalue weighted by atomic mass is 10.0. The van der Waals surface area contributed by atoms with Gasteiger partial charge in [0.05, 0.1) is 5.56 Å². The van der Waals surface area contributed by atoms with Gasteiger partial charge in [-0.25, -0.2) is 4.79 Å². The lowest BCUT2D eigenvalue weighted by molar-refractivity contribution is 0.0496. The van der Waals surface area contributed by atoms with E-state index in [0.717, 1.165) is 10.9 Å². The normalized spacial score (nSPS) is 12.6. The number of carbonyl (C=O) groups is 2. The molecule has 1 aromatic carbocycles. The van der Waals surface area contributed by atoms with Crippen LogP contribution in [-0.2, 0) is 4.74 Å². The van der Waals surface area contributed by atoms with E-state index in [9.17, 15) is 9.59 Å². The minimum atomic E-state index is -0.551. The summed E-state index contributed by atoms with van der Waals surface area (Å²) in [4.78, 5) is 24.3. The monoisotopic (exact) mass is 398 g/mol. The number of alkyl carbamates (subject to hydrolysis) is 1. The molecule has 5 nitrogen and oxygen atoms in total. The fourth-order valence-electron chi connectivity index (χ4n) is 2.19. The topological polar surface area (TPSA) is 67.4 Å². The quantitative estimate of drug-likeness (QED) is 0.756. The van der Waals surface area contributed by atoms with Crippen molar-refractivity contribution in [3.05, 3.63) is 34.3 Å². The molecule has 0 bridgehead atoms. The Kier molecular flexibility index (Phi) is 7.73. The summed E-state index contributed by atoms with van der Waals surface area (Å²) in [6.07, 6.45) is 0.276. The number of hydrogen-bond donors (Lipinski definition) is 2. The van der Waals surface area contributed by atoms with Crippen molar-refractivity contribution in [2.24, 2.45) is 5.92 Å². The zero-order chi connectivity index (χ0) is 18.3. The molecule has 0 saturated carbocycles. The van der Waals surface area contributed by atoms with Gasteiger partial charge in [0, 0.05) is 17.1 Å². The third-order valence-electron chi connectivity index (χ3n) is 3.10. The molecule has 0 spiro atoms. The molecule has 0 aliphatic carbocycles. The Balaban J connectivity index is 2.64. The number of nitrogens with one attached hydrogen (secondary N) is 2. The fourth-order valence-corrected chi connectivity index (χ4v) is 2.66. The van der Waals surface area contributed by atoms with Crippen LogP contribution in [0.15, 0.2) is 28.7 Å². The Morgan fingerprint density at radius 1 is 1.21 bits per heavy atom. The fraction of sp³-hybridized carbons (Fsp3) is 0.556. The summed E-state index contributed by atoms with van der Waals surface area (Å²) in [6.45, 7) is 9.94. The van der Waals surface area contributed by atoms with Gasteiger partial charge in [-0.3, -0.25) is 4.79 Å². The van der Waals surface area contributed by atoms with Gasteiger partial charge in [0.15, 0.2) is 0 Å². The van der Waals surface area contributed by atoms with E-state index in [0.29, 0.717) is 18.0 Å². The number of ether oxygens (including phenoxy) is 1. The first kappa shape index (κ1) is 20.5. The predicted molar refractivity (Wildman–Crippen MR) is 99.1 cm³/mol.